The van der Waals surface area contributed by atoms with E-state index in [0.29, 0.717) is 11.3 Å². The van der Waals surface area contributed by atoms with Gasteiger partial charge in [0.25, 0.3) is 5.91 Å². The van der Waals surface area contributed by atoms with Gasteiger partial charge < -0.3 is 14.3 Å². The summed E-state index contributed by atoms with van der Waals surface area (Å²) in [4.78, 5) is 28.2. The lowest BCUT2D eigenvalue weighted by Gasteiger charge is -2.25. The van der Waals surface area contributed by atoms with Crippen LogP contribution in [-0.4, -0.2) is 17.6 Å². The molecule has 1 atom stereocenters. The summed E-state index contributed by atoms with van der Waals surface area (Å²) in [6.45, 7) is 2.03. The molecule has 1 aliphatic heterocycles. The number of amides is 1. The Balaban J connectivity index is 1.80. The Bertz CT molecular complexity index is 1460. The van der Waals surface area contributed by atoms with Crippen molar-refractivity contribution in [1.29, 1.82) is 0 Å². The van der Waals surface area contributed by atoms with Crippen molar-refractivity contribution < 1.29 is 27.8 Å². The Morgan fingerprint density at radius 2 is 1.73 bits per heavy atom. The molecule has 0 aliphatic carbocycles. The van der Waals surface area contributed by atoms with Crippen molar-refractivity contribution in [1.82, 2.24) is 0 Å². The van der Waals surface area contributed by atoms with Crippen molar-refractivity contribution >= 4 is 22.6 Å². The maximum atomic E-state index is 13.9. The Hall–Kier alpha value is -4.20. The molecule has 0 spiro atoms. The number of phenolic OH excluding ortho intramolecular Hbond substituents is 1. The molecule has 6 nitrogen and oxygen atoms in total. The lowest BCUT2D eigenvalue weighted by Crippen LogP contribution is -2.29. The SMILES string of the molecule is CCOc1cc(C2c3c(oc4ccc(F)cc4c3=O)C(=O)N2c2ccc(F)cc2)ccc1O. The molecule has 1 aliphatic rings. The number of hydrogen-bond acceptors (Lipinski definition) is 5. The van der Waals surface area contributed by atoms with E-state index in [1.807, 2.05) is 0 Å². The number of carbonyl (C=O) groups is 1. The molecular formula is C25H17F2NO5. The van der Waals surface area contributed by atoms with E-state index in [-0.39, 0.29) is 40.4 Å². The number of nitrogens with zero attached hydrogens (tertiary/aromatic N) is 1. The fourth-order valence-electron chi connectivity index (χ4n) is 4.10. The summed E-state index contributed by atoms with van der Waals surface area (Å²) >= 11 is 0. The van der Waals surface area contributed by atoms with Gasteiger partial charge in [0.2, 0.25) is 5.76 Å². The van der Waals surface area contributed by atoms with E-state index in [1.165, 1.54) is 47.4 Å². The van der Waals surface area contributed by atoms with E-state index in [9.17, 15) is 23.5 Å². The highest BCUT2D eigenvalue weighted by molar-refractivity contribution is 6.10. The van der Waals surface area contributed by atoms with Gasteiger partial charge in [-0.05, 0) is 67.1 Å². The zero-order chi connectivity index (χ0) is 23.3. The van der Waals surface area contributed by atoms with Crippen molar-refractivity contribution in [2.24, 2.45) is 0 Å². The van der Waals surface area contributed by atoms with Crippen LogP contribution < -0.4 is 15.1 Å². The number of anilines is 1. The molecule has 0 fully saturated rings. The van der Waals surface area contributed by atoms with Crippen molar-refractivity contribution in [3.63, 3.8) is 0 Å². The molecular weight excluding hydrogens is 432 g/mol. The Morgan fingerprint density at radius 1 is 1.00 bits per heavy atom. The second-order valence-corrected chi connectivity index (χ2v) is 7.53. The van der Waals surface area contributed by atoms with Crippen LogP contribution in [-0.2, 0) is 0 Å². The smallest absolute Gasteiger partial charge is 0.295 e. The van der Waals surface area contributed by atoms with Crippen molar-refractivity contribution in [3.8, 4) is 11.5 Å². The van der Waals surface area contributed by atoms with Gasteiger partial charge in [-0.1, -0.05) is 6.07 Å². The van der Waals surface area contributed by atoms with E-state index in [1.54, 1.807) is 13.0 Å². The van der Waals surface area contributed by atoms with Gasteiger partial charge in [-0.25, -0.2) is 8.78 Å². The third-order valence-corrected chi connectivity index (χ3v) is 5.54. The van der Waals surface area contributed by atoms with Gasteiger partial charge in [0.1, 0.15) is 17.2 Å². The van der Waals surface area contributed by atoms with E-state index >= 15 is 0 Å². The summed E-state index contributed by atoms with van der Waals surface area (Å²) in [7, 11) is 0. The average Bonchev–Trinajstić information content (AvgIpc) is 3.09. The molecule has 0 bridgehead atoms. The predicted molar refractivity (Wildman–Crippen MR) is 117 cm³/mol. The lowest BCUT2D eigenvalue weighted by molar-refractivity contribution is 0.0971. The van der Waals surface area contributed by atoms with Crippen LogP contribution in [0.1, 0.15) is 34.6 Å². The third kappa shape index (κ3) is 3.31. The highest BCUT2D eigenvalue weighted by Gasteiger charge is 2.44. The molecule has 1 aromatic heterocycles. The maximum absolute atomic E-state index is 13.9. The van der Waals surface area contributed by atoms with Crippen LogP contribution in [0.3, 0.4) is 0 Å². The minimum absolute atomic E-state index is 0.00341. The molecule has 0 saturated heterocycles. The average molecular weight is 449 g/mol. The Morgan fingerprint density at radius 3 is 2.45 bits per heavy atom. The molecule has 1 unspecified atom stereocenters. The normalized spacial score (nSPS) is 15.2. The molecule has 5 rings (SSSR count). The van der Waals surface area contributed by atoms with Crippen LogP contribution in [0.4, 0.5) is 14.5 Å². The molecule has 1 N–H and O–H groups in total. The van der Waals surface area contributed by atoms with Gasteiger partial charge in [0, 0.05) is 5.69 Å². The van der Waals surface area contributed by atoms with Crippen molar-refractivity contribution in [3.05, 3.63) is 99.4 Å². The molecule has 4 aromatic rings. The quantitative estimate of drug-likeness (QED) is 0.478. The van der Waals surface area contributed by atoms with Crippen LogP contribution in [0.15, 0.2) is 69.9 Å². The first-order valence-corrected chi connectivity index (χ1v) is 10.2. The first-order valence-electron chi connectivity index (χ1n) is 10.2. The number of ether oxygens (including phenoxy) is 1. The van der Waals surface area contributed by atoms with Gasteiger partial charge in [-0.3, -0.25) is 14.5 Å². The number of fused-ring (bicyclic) bond motifs is 2. The van der Waals surface area contributed by atoms with Crippen LogP contribution >= 0.6 is 0 Å². The molecule has 0 saturated carbocycles. The standard InChI is InChI=1S/C25H17F2NO5/c1-2-32-20-11-13(3-9-18(20)29)22-21-23(30)17-12-15(27)6-10-19(17)33-24(21)25(31)28(22)16-7-4-14(26)5-8-16/h3-12,22,29H,2H2,1H3. The fraction of sp³-hybridized carbons (Fsp3) is 0.120. The second kappa shape index (κ2) is 7.74. The number of halogens is 2. The number of aromatic hydroxyl groups is 1. The van der Waals surface area contributed by atoms with Crippen LogP contribution in [0, 0.1) is 11.6 Å². The van der Waals surface area contributed by atoms with E-state index < -0.39 is 29.0 Å². The molecule has 2 heterocycles. The molecule has 166 valence electrons. The summed E-state index contributed by atoms with van der Waals surface area (Å²) in [6.07, 6.45) is 0. The molecule has 0 radical (unpaired) electrons. The summed E-state index contributed by atoms with van der Waals surface area (Å²) < 4.78 is 38.7. The first-order chi connectivity index (χ1) is 15.9. The van der Waals surface area contributed by atoms with Gasteiger partial charge in [0.15, 0.2) is 16.9 Å². The topological polar surface area (TPSA) is 80.0 Å². The van der Waals surface area contributed by atoms with Crippen LogP contribution in [0.5, 0.6) is 11.5 Å². The second-order valence-electron chi connectivity index (χ2n) is 7.53. The zero-order valence-electron chi connectivity index (χ0n) is 17.3. The number of phenols is 1. The Labute approximate surface area is 186 Å². The minimum atomic E-state index is -0.971. The van der Waals surface area contributed by atoms with Crippen LogP contribution in [0.2, 0.25) is 0 Å². The van der Waals surface area contributed by atoms with Crippen molar-refractivity contribution in [2.75, 3.05) is 11.5 Å². The first kappa shape index (κ1) is 20.7. The summed E-state index contributed by atoms with van der Waals surface area (Å²) in [5.74, 6) is -1.82. The van der Waals surface area contributed by atoms with Gasteiger partial charge in [-0.2, -0.15) is 0 Å². The van der Waals surface area contributed by atoms with E-state index in [2.05, 4.69) is 0 Å². The predicted octanol–water partition coefficient (Wildman–Crippen LogP) is 4.93. The van der Waals surface area contributed by atoms with Gasteiger partial charge >= 0.3 is 0 Å². The summed E-state index contributed by atoms with van der Waals surface area (Å²) in [5, 5.41) is 10.1. The number of hydrogen-bond donors (Lipinski definition) is 1. The van der Waals surface area contributed by atoms with Gasteiger partial charge in [0.05, 0.1) is 23.6 Å². The number of rotatable bonds is 4. The van der Waals surface area contributed by atoms with Crippen molar-refractivity contribution in [2.45, 2.75) is 13.0 Å². The lowest BCUT2D eigenvalue weighted by atomic mass is 9.97. The zero-order valence-corrected chi connectivity index (χ0v) is 17.3. The monoisotopic (exact) mass is 449 g/mol. The number of carbonyl (C=O) groups excluding carboxylic acids is 1. The number of benzene rings is 3. The maximum Gasteiger partial charge on any atom is 0.295 e. The molecule has 8 heteroatoms. The molecule has 33 heavy (non-hydrogen) atoms. The highest BCUT2D eigenvalue weighted by Crippen LogP contribution is 2.43. The largest absolute Gasteiger partial charge is 0.504 e. The molecule has 3 aromatic carbocycles. The van der Waals surface area contributed by atoms with E-state index in [4.69, 9.17) is 9.15 Å². The fourth-order valence-corrected chi connectivity index (χ4v) is 4.10. The summed E-state index contributed by atoms with van der Waals surface area (Å²) in [5.41, 5.74) is 0.332. The summed E-state index contributed by atoms with van der Waals surface area (Å²) in [6, 6.07) is 12.2. The highest BCUT2D eigenvalue weighted by atomic mass is 19.1. The molecule has 1 amide bonds. The van der Waals surface area contributed by atoms with Gasteiger partial charge in [-0.15, -0.1) is 0 Å². The van der Waals surface area contributed by atoms with E-state index in [0.717, 1.165) is 12.1 Å². The third-order valence-electron chi connectivity index (χ3n) is 5.54. The van der Waals surface area contributed by atoms with Crippen LogP contribution in [0.25, 0.3) is 11.0 Å². The minimum Gasteiger partial charge on any atom is -0.504 e. The Kier molecular flexibility index (Phi) is 4.85.